The maximum atomic E-state index is 11.4. The van der Waals surface area contributed by atoms with E-state index in [4.69, 9.17) is 5.41 Å². The van der Waals surface area contributed by atoms with Crippen LogP contribution >= 0.6 is 0 Å². The van der Waals surface area contributed by atoms with E-state index in [1.807, 2.05) is 0 Å². The molecule has 0 aromatic rings. The Morgan fingerprint density at radius 1 is 1.44 bits per heavy atom. The highest BCUT2D eigenvalue weighted by Crippen LogP contribution is 2.22. The SMILES string of the molecule is N=C/C(=C\N)C(F)(F)F. The van der Waals surface area contributed by atoms with E-state index in [1.54, 1.807) is 0 Å². The third kappa shape index (κ3) is 2.16. The van der Waals surface area contributed by atoms with Crippen LogP contribution < -0.4 is 5.73 Å². The molecule has 2 nitrogen and oxygen atoms in total. The fourth-order valence-corrected chi connectivity index (χ4v) is 0.224. The molecule has 0 fully saturated rings. The van der Waals surface area contributed by atoms with Crippen LogP contribution in [0.15, 0.2) is 11.8 Å². The average molecular weight is 138 g/mol. The van der Waals surface area contributed by atoms with E-state index in [9.17, 15) is 13.2 Å². The molecule has 0 rings (SSSR count). The Bertz CT molecular complexity index is 135. The summed E-state index contributed by atoms with van der Waals surface area (Å²) in [5.41, 5.74) is 3.40. The number of nitrogens with two attached hydrogens (primary N) is 1. The van der Waals surface area contributed by atoms with E-state index in [-0.39, 0.29) is 6.21 Å². The molecule has 0 atom stereocenters. The Balaban J connectivity index is 4.32. The molecule has 9 heavy (non-hydrogen) atoms. The minimum absolute atomic E-state index is 0.167. The first-order valence-corrected chi connectivity index (χ1v) is 2.02. The van der Waals surface area contributed by atoms with Gasteiger partial charge in [-0.25, -0.2) is 0 Å². The lowest BCUT2D eigenvalue weighted by Crippen LogP contribution is -2.13. The fourth-order valence-electron chi connectivity index (χ4n) is 0.224. The van der Waals surface area contributed by atoms with Crippen LogP contribution in [0.4, 0.5) is 13.2 Å². The molecule has 0 unspecified atom stereocenters. The fraction of sp³-hybridized carbons (Fsp3) is 0.250. The number of rotatable bonds is 1. The molecule has 0 saturated carbocycles. The highest BCUT2D eigenvalue weighted by Gasteiger charge is 2.31. The monoisotopic (exact) mass is 138 g/mol. The van der Waals surface area contributed by atoms with Gasteiger partial charge in [-0.1, -0.05) is 0 Å². The molecule has 0 saturated heterocycles. The summed E-state index contributed by atoms with van der Waals surface area (Å²) >= 11 is 0. The molecule has 0 aliphatic heterocycles. The summed E-state index contributed by atoms with van der Waals surface area (Å²) in [5, 5.41) is 6.22. The zero-order valence-electron chi connectivity index (χ0n) is 4.37. The first-order chi connectivity index (χ1) is 4.02. The summed E-state index contributed by atoms with van der Waals surface area (Å²) in [5.74, 6) is 0. The predicted octanol–water partition coefficient (Wildman–Crippen LogP) is 1.04. The van der Waals surface area contributed by atoms with Gasteiger partial charge in [-0.15, -0.1) is 0 Å². The quantitative estimate of drug-likeness (QED) is 0.522. The summed E-state index contributed by atoms with van der Waals surface area (Å²) in [6.07, 6.45) is -3.97. The smallest absolute Gasteiger partial charge is 0.404 e. The lowest BCUT2D eigenvalue weighted by molar-refractivity contribution is -0.0858. The maximum absolute atomic E-state index is 11.4. The van der Waals surface area contributed by atoms with Crippen molar-refractivity contribution >= 4 is 6.21 Å². The first-order valence-electron chi connectivity index (χ1n) is 2.02. The molecule has 3 N–H and O–H groups in total. The summed E-state index contributed by atoms with van der Waals surface area (Å²) in [7, 11) is 0. The molecule has 0 amide bonds. The standard InChI is InChI=1S/C4H5F3N2/c5-4(6,7)3(1-8)2-9/h1-2,8H,9H2/b3-2+,8-1?. The van der Waals surface area contributed by atoms with Gasteiger partial charge in [0.2, 0.25) is 0 Å². The Hall–Kier alpha value is -1.00. The highest BCUT2D eigenvalue weighted by molar-refractivity contribution is 5.77. The third-order valence-corrected chi connectivity index (χ3v) is 0.662. The molecule has 0 aromatic heterocycles. The first kappa shape index (κ1) is 8.00. The summed E-state index contributed by atoms with van der Waals surface area (Å²) in [6, 6.07) is 0. The van der Waals surface area contributed by atoms with Gasteiger partial charge in [0.05, 0.1) is 5.57 Å². The minimum atomic E-state index is -4.49. The van der Waals surface area contributed by atoms with Crippen LogP contribution in [0.25, 0.3) is 0 Å². The van der Waals surface area contributed by atoms with Gasteiger partial charge in [-0.05, 0) is 0 Å². The van der Waals surface area contributed by atoms with Gasteiger partial charge in [-0.2, -0.15) is 13.2 Å². The lowest BCUT2D eigenvalue weighted by Gasteiger charge is -2.03. The van der Waals surface area contributed by atoms with E-state index in [0.717, 1.165) is 0 Å². The molecule has 52 valence electrons. The van der Waals surface area contributed by atoms with Crippen molar-refractivity contribution in [1.29, 1.82) is 5.41 Å². The van der Waals surface area contributed by atoms with Gasteiger partial charge < -0.3 is 11.1 Å². The van der Waals surface area contributed by atoms with Gasteiger partial charge in [0.1, 0.15) is 0 Å². The zero-order chi connectivity index (χ0) is 7.49. The van der Waals surface area contributed by atoms with E-state index < -0.39 is 11.7 Å². The second-order valence-corrected chi connectivity index (χ2v) is 1.26. The molecular formula is C4H5F3N2. The van der Waals surface area contributed by atoms with Gasteiger partial charge in [0.15, 0.2) is 0 Å². The lowest BCUT2D eigenvalue weighted by atomic mass is 10.3. The van der Waals surface area contributed by atoms with Crippen LogP contribution in [0.2, 0.25) is 0 Å². The van der Waals surface area contributed by atoms with Crippen molar-refractivity contribution in [3.63, 3.8) is 0 Å². The number of hydrogen-bond acceptors (Lipinski definition) is 2. The van der Waals surface area contributed by atoms with Crippen molar-refractivity contribution in [3.05, 3.63) is 11.8 Å². The molecule has 0 heterocycles. The van der Waals surface area contributed by atoms with Crippen LogP contribution in [0.1, 0.15) is 0 Å². The number of halogens is 3. The minimum Gasteiger partial charge on any atom is -0.404 e. The molecule has 0 spiro atoms. The molecule has 0 bridgehead atoms. The second-order valence-electron chi connectivity index (χ2n) is 1.26. The van der Waals surface area contributed by atoms with Gasteiger partial charge in [0.25, 0.3) is 0 Å². The Morgan fingerprint density at radius 2 is 1.89 bits per heavy atom. The Morgan fingerprint density at radius 3 is 1.89 bits per heavy atom. The van der Waals surface area contributed by atoms with Gasteiger partial charge in [-0.3, -0.25) is 0 Å². The topological polar surface area (TPSA) is 49.9 Å². The molecular weight excluding hydrogens is 133 g/mol. The van der Waals surface area contributed by atoms with Crippen molar-refractivity contribution < 1.29 is 13.2 Å². The largest absolute Gasteiger partial charge is 0.419 e. The molecule has 0 radical (unpaired) electrons. The normalized spacial score (nSPS) is 13.4. The van der Waals surface area contributed by atoms with Crippen LogP contribution in [0, 0.1) is 5.41 Å². The highest BCUT2D eigenvalue weighted by atomic mass is 19.4. The molecule has 0 aliphatic rings. The van der Waals surface area contributed by atoms with Crippen molar-refractivity contribution in [1.82, 2.24) is 0 Å². The van der Waals surface area contributed by atoms with Crippen LogP contribution in [-0.4, -0.2) is 12.4 Å². The summed E-state index contributed by atoms with van der Waals surface area (Å²) < 4.78 is 34.3. The molecule has 5 heteroatoms. The number of nitrogens with one attached hydrogen (secondary N) is 1. The third-order valence-electron chi connectivity index (χ3n) is 0.662. The van der Waals surface area contributed by atoms with E-state index in [1.165, 1.54) is 0 Å². The molecule has 0 aliphatic carbocycles. The molecule has 0 aromatic carbocycles. The Kier molecular flexibility index (Phi) is 2.24. The van der Waals surface area contributed by atoms with Crippen molar-refractivity contribution in [2.75, 3.05) is 0 Å². The van der Waals surface area contributed by atoms with Crippen molar-refractivity contribution in [2.24, 2.45) is 5.73 Å². The number of hydrogen-bond donors (Lipinski definition) is 2. The van der Waals surface area contributed by atoms with Gasteiger partial charge in [0, 0.05) is 12.4 Å². The van der Waals surface area contributed by atoms with Crippen LogP contribution in [0.3, 0.4) is 0 Å². The van der Waals surface area contributed by atoms with E-state index in [2.05, 4.69) is 5.73 Å². The van der Waals surface area contributed by atoms with E-state index in [0.29, 0.717) is 6.20 Å². The average Bonchev–Trinajstić information content (AvgIpc) is 1.65. The van der Waals surface area contributed by atoms with Crippen molar-refractivity contribution in [2.45, 2.75) is 6.18 Å². The van der Waals surface area contributed by atoms with Crippen LogP contribution in [-0.2, 0) is 0 Å². The summed E-state index contributed by atoms with van der Waals surface area (Å²) in [4.78, 5) is 0. The Labute approximate surface area is 49.7 Å². The van der Waals surface area contributed by atoms with E-state index >= 15 is 0 Å². The number of alkyl halides is 3. The zero-order valence-corrected chi connectivity index (χ0v) is 4.37. The predicted molar refractivity (Wildman–Crippen MR) is 27.1 cm³/mol. The second kappa shape index (κ2) is 2.52. The van der Waals surface area contributed by atoms with Crippen LogP contribution in [0.5, 0.6) is 0 Å². The number of allylic oxidation sites excluding steroid dienone is 1. The van der Waals surface area contributed by atoms with Crippen molar-refractivity contribution in [3.8, 4) is 0 Å². The maximum Gasteiger partial charge on any atom is 0.419 e. The van der Waals surface area contributed by atoms with Gasteiger partial charge >= 0.3 is 6.18 Å². The summed E-state index contributed by atoms with van der Waals surface area (Å²) in [6.45, 7) is 0.